The molecular weight excluding hydrogens is 162 g/mol. The maximum atomic E-state index is 5.21. The highest BCUT2D eigenvalue weighted by Crippen LogP contribution is 2.28. The average Bonchev–Trinajstić information content (AvgIpc) is 2.49. The molecule has 1 aliphatic heterocycles. The van der Waals surface area contributed by atoms with Gasteiger partial charge in [0, 0.05) is 11.4 Å². The van der Waals surface area contributed by atoms with Crippen LogP contribution in [0.5, 0.6) is 0 Å². The summed E-state index contributed by atoms with van der Waals surface area (Å²) in [4.78, 5) is 1.84. The second-order valence-corrected chi connectivity index (χ2v) is 3.01. The first-order chi connectivity index (χ1) is 6.29. The van der Waals surface area contributed by atoms with Crippen molar-refractivity contribution in [3.8, 4) is 0 Å². The zero-order chi connectivity index (χ0) is 9.26. The average molecular weight is 173 g/mol. The lowest BCUT2D eigenvalue weighted by atomic mass is 10.2. The van der Waals surface area contributed by atoms with Crippen molar-refractivity contribution in [3.05, 3.63) is 49.3 Å². The molecule has 1 heterocycles. The number of rotatable bonds is 1. The minimum atomic E-state index is 0.0280. The van der Waals surface area contributed by atoms with Gasteiger partial charge in [0.05, 0.1) is 6.10 Å². The Labute approximate surface area is 78.4 Å². The van der Waals surface area contributed by atoms with Crippen LogP contribution >= 0.6 is 0 Å². The van der Waals surface area contributed by atoms with Crippen LogP contribution in [0.15, 0.2) is 42.6 Å². The van der Waals surface area contributed by atoms with Crippen molar-refractivity contribution in [2.24, 2.45) is 0 Å². The first kappa shape index (κ1) is 8.32. The summed E-state index contributed by atoms with van der Waals surface area (Å²) in [6.45, 7) is 8.69. The Bertz CT molecular complexity index is 307. The van der Waals surface area contributed by atoms with Crippen molar-refractivity contribution in [1.29, 1.82) is 0 Å². The maximum Gasteiger partial charge on any atom is 0.255 e. The fraction of sp³-hybridized carbons (Fsp3) is 0.182. The first-order valence-electron chi connectivity index (χ1n) is 4.24. The largest absolute Gasteiger partial charge is 0.337 e. The lowest BCUT2D eigenvalue weighted by molar-refractivity contribution is 0.188. The number of nitrogens with zero attached hydrogens (tertiary/aromatic N) is 1. The highest BCUT2D eigenvalue weighted by atomic mass is 16.5. The Morgan fingerprint density at radius 2 is 2.08 bits per heavy atom. The fourth-order valence-corrected chi connectivity index (χ4v) is 1.24. The molecule has 1 aromatic rings. The van der Waals surface area contributed by atoms with Gasteiger partial charge in [-0.2, -0.15) is 0 Å². The highest BCUT2D eigenvalue weighted by Gasteiger charge is 2.25. The van der Waals surface area contributed by atoms with Crippen molar-refractivity contribution < 1.29 is 4.74 Å². The summed E-state index contributed by atoms with van der Waals surface area (Å²) in [5.74, 6) is 0. The fourth-order valence-electron chi connectivity index (χ4n) is 1.24. The van der Waals surface area contributed by atoms with E-state index < -0.39 is 0 Å². The molecule has 13 heavy (non-hydrogen) atoms. The number of hydrogen-bond donors (Lipinski definition) is 0. The minimum Gasteiger partial charge on any atom is -0.337 e. The zero-order valence-corrected chi connectivity index (χ0v) is 7.53. The van der Waals surface area contributed by atoms with E-state index >= 15 is 0 Å². The van der Waals surface area contributed by atoms with Crippen LogP contribution in [0.4, 0.5) is 5.69 Å². The molecule has 1 aliphatic rings. The molecule has 1 atom stereocenters. The Morgan fingerprint density at radius 1 is 1.38 bits per heavy atom. The van der Waals surface area contributed by atoms with Crippen LogP contribution in [0.1, 0.15) is 6.92 Å². The number of para-hydroxylation sites is 1. The standard InChI is InChI=1S/C11H11NO/c1-9-10(2)13-8-12(9)11-6-4-3-5-7-11/h3-7,10H,1H2,2H3. The summed E-state index contributed by atoms with van der Waals surface area (Å²) in [7, 11) is 0. The van der Waals surface area contributed by atoms with Crippen LogP contribution in [0.3, 0.4) is 0 Å². The van der Waals surface area contributed by atoms with E-state index in [0.717, 1.165) is 11.4 Å². The zero-order valence-electron chi connectivity index (χ0n) is 7.53. The van der Waals surface area contributed by atoms with Gasteiger partial charge in [0.2, 0.25) is 0 Å². The Hall–Kier alpha value is -1.28. The van der Waals surface area contributed by atoms with E-state index in [2.05, 4.69) is 13.3 Å². The van der Waals surface area contributed by atoms with Crippen molar-refractivity contribution >= 4 is 5.69 Å². The van der Waals surface area contributed by atoms with Crippen LogP contribution < -0.4 is 4.90 Å². The summed E-state index contributed by atoms with van der Waals surface area (Å²) in [5.41, 5.74) is 1.96. The van der Waals surface area contributed by atoms with Crippen molar-refractivity contribution in [2.75, 3.05) is 4.90 Å². The van der Waals surface area contributed by atoms with E-state index in [1.165, 1.54) is 0 Å². The van der Waals surface area contributed by atoms with Gasteiger partial charge in [-0.15, -0.1) is 0 Å². The maximum absolute atomic E-state index is 5.21. The molecular formula is C11H11NO. The van der Waals surface area contributed by atoms with Gasteiger partial charge < -0.3 is 9.64 Å². The summed E-state index contributed by atoms with van der Waals surface area (Å²) in [6, 6.07) is 9.94. The lowest BCUT2D eigenvalue weighted by Gasteiger charge is -2.15. The monoisotopic (exact) mass is 173 g/mol. The van der Waals surface area contributed by atoms with E-state index in [9.17, 15) is 0 Å². The second kappa shape index (κ2) is 3.23. The molecule has 1 saturated heterocycles. The van der Waals surface area contributed by atoms with Crippen LogP contribution in [0.25, 0.3) is 0 Å². The lowest BCUT2D eigenvalue weighted by Crippen LogP contribution is -2.14. The van der Waals surface area contributed by atoms with Crippen LogP contribution in [-0.4, -0.2) is 6.10 Å². The molecule has 0 N–H and O–H groups in total. The smallest absolute Gasteiger partial charge is 0.255 e. The van der Waals surface area contributed by atoms with Crippen LogP contribution in [-0.2, 0) is 4.74 Å². The minimum absolute atomic E-state index is 0.0280. The first-order valence-corrected chi connectivity index (χ1v) is 4.24. The van der Waals surface area contributed by atoms with E-state index in [4.69, 9.17) is 4.74 Å². The molecule has 2 rings (SSSR count). The predicted octanol–water partition coefficient (Wildman–Crippen LogP) is 2.42. The molecule has 0 bridgehead atoms. The molecule has 0 saturated carbocycles. The summed E-state index contributed by atoms with van der Waals surface area (Å²) < 4.78 is 5.21. The third-order valence-electron chi connectivity index (χ3n) is 2.09. The third-order valence-corrected chi connectivity index (χ3v) is 2.09. The molecule has 0 spiro atoms. The molecule has 66 valence electrons. The van der Waals surface area contributed by atoms with Crippen LogP contribution in [0, 0.1) is 6.73 Å². The topological polar surface area (TPSA) is 12.5 Å². The molecule has 1 aromatic carbocycles. The van der Waals surface area contributed by atoms with Gasteiger partial charge in [-0.05, 0) is 19.1 Å². The summed E-state index contributed by atoms with van der Waals surface area (Å²) in [5, 5.41) is 0. The molecule has 1 unspecified atom stereocenters. The van der Waals surface area contributed by atoms with E-state index in [1.54, 1.807) is 0 Å². The summed E-state index contributed by atoms with van der Waals surface area (Å²) >= 11 is 0. The summed E-state index contributed by atoms with van der Waals surface area (Å²) in [6.07, 6.45) is 0.0280. The van der Waals surface area contributed by atoms with E-state index in [0.29, 0.717) is 0 Å². The number of hydrogen-bond acceptors (Lipinski definition) is 2. The number of benzene rings is 1. The van der Waals surface area contributed by atoms with E-state index in [1.807, 2.05) is 42.2 Å². The Kier molecular flexibility index (Phi) is 2.07. The normalized spacial score (nSPS) is 22.4. The molecule has 0 aromatic heterocycles. The third kappa shape index (κ3) is 1.45. The number of anilines is 1. The molecule has 0 amide bonds. The van der Waals surface area contributed by atoms with Gasteiger partial charge >= 0.3 is 0 Å². The van der Waals surface area contributed by atoms with Crippen molar-refractivity contribution in [1.82, 2.24) is 0 Å². The Balaban J connectivity index is 2.24. The van der Waals surface area contributed by atoms with Gasteiger partial charge in [-0.25, -0.2) is 0 Å². The highest BCUT2D eigenvalue weighted by molar-refractivity contribution is 5.54. The van der Waals surface area contributed by atoms with Crippen LogP contribution in [0.2, 0.25) is 0 Å². The Morgan fingerprint density at radius 3 is 2.62 bits per heavy atom. The quantitative estimate of drug-likeness (QED) is 0.646. The molecule has 2 heteroatoms. The van der Waals surface area contributed by atoms with Gasteiger partial charge in [0.25, 0.3) is 6.73 Å². The predicted molar refractivity (Wildman–Crippen MR) is 51.9 cm³/mol. The van der Waals surface area contributed by atoms with Gasteiger partial charge in [0.1, 0.15) is 0 Å². The van der Waals surface area contributed by atoms with Crippen molar-refractivity contribution in [2.45, 2.75) is 13.0 Å². The van der Waals surface area contributed by atoms with Gasteiger partial charge in [0.15, 0.2) is 0 Å². The molecule has 1 fully saturated rings. The van der Waals surface area contributed by atoms with Crippen molar-refractivity contribution in [3.63, 3.8) is 0 Å². The number of ether oxygens (including phenoxy) is 1. The van der Waals surface area contributed by atoms with E-state index in [-0.39, 0.29) is 6.10 Å². The molecule has 0 aliphatic carbocycles. The SMILES string of the molecule is C=C1C(C)O[C]N1c1ccccc1. The molecule has 2 radical (unpaired) electrons. The second-order valence-electron chi connectivity index (χ2n) is 3.01. The molecule has 2 nitrogen and oxygen atoms in total. The van der Waals surface area contributed by atoms with Gasteiger partial charge in [-0.1, -0.05) is 24.8 Å². The van der Waals surface area contributed by atoms with Gasteiger partial charge in [-0.3, -0.25) is 0 Å².